The molecular formula is C19H24BrN3O3. The van der Waals surface area contributed by atoms with E-state index in [0.29, 0.717) is 30.3 Å². The number of benzene rings is 1. The lowest BCUT2D eigenvalue weighted by Crippen LogP contribution is -2.48. The fourth-order valence-electron chi connectivity index (χ4n) is 3.36. The molecule has 0 saturated carbocycles. The standard InChI is InChI=1S/C19H24BrN3O3/c1-12-9-14(7-8-22(12)18(25)26-19(2,3)4)23-11-21-16-10-13(20)5-6-15(16)17(23)24/h5-6,10-12,14H,7-9H2,1-4H3/t12-,14-/m0/s1. The lowest BCUT2D eigenvalue weighted by molar-refractivity contribution is 0.00770. The summed E-state index contributed by atoms with van der Waals surface area (Å²) in [5.41, 5.74) is 0.131. The van der Waals surface area contributed by atoms with Crippen LogP contribution in [-0.2, 0) is 4.74 Å². The van der Waals surface area contributed by atoms with Crippen molar-refractivity contribution in [1.82, 2.24) is 14.5 Å². The van der Waals surface area contributed by atoms with Crippen LogP contribution in [0.2, 0.25) is 0 Å². The van der Waals surface area contributed by atoms with Crippen LogP contribution in [0.1, 0.15) is 46.6 Å². The molecule has 0 aliphatic carbocycles. The molecule has 2 atom stereocenters. The first kappa shape index (κ1) is 18.9. The largest absolute Gasteiger partial charge is 0.444 e. The molecule has 1 aliphatic rings. The number of hydrogen-bond acceptors (Lipinski definition) is 4. The third-order valence-corrected chi connectivity index (χ3v) is 5.11. The molecule has 7 heteroatoms. The number of halogens is 1. The molecule has 0 N–H and O–H groups in total. The number of carbonyl (C=O) groups excluding carboxylic acids is 1. The molecule has 0 unspecified atom stereocenters. The molecule has 26 heavy (non-hydrogen) atoms. The third kappa shape index (κ3) is 3.92. The highest BCUT2D eigenvalue weighted by Gasteiger charge is 2.32. The molecule has 2 aromatic rings. The highest BCUT2D eigenvalue weighted by molar-refractivity contribution is 9.10. The Morgan fingerprint density at radius 3 is 2.73 bits per heavy atom. The van der Waals surface area contributed by atoms with Gasteiger partial charge in [0.1, 0.15) is 5.60 Å². The minimum Gasteiger partial charge on any atom is -0.444 e. The Hall–Kier alpha value is -1.89. The number of nitrogens with zero attached hydrogens (tertiary/aromatic N) is 3. The van der Waals surface area contributed by atoms with E-state index in [1.807, 2.05) is 39.8 Å². The molecule has 3 rings (SSSR count). The maximum absolute atomic E-state index is 12.9. The highest BCUT2D eigenvalue weighted by atomic mass is 79.9. The van der Waals surface area contributed by atoms with Crippen LogP contribution >= 0.6 is 15.9 Å². The van der Waals surface area contributed by atoms with Gasteiger partial charge in [0.2, 0.25) is 0 Å². The molecule has 1 amide bonds. The van der Waals surface area contributed by atoms with Gasteiger partial charge in [-0.15, -0.1) is 0 Å². The van der Waals surface area contributed by atoms with Gasteiger partial charge in [0, 0.05) is 23.1 Å². The Labute approximate surface area is 161 Å². The fourth-order valence-corrected chi connectivity index (χ4v) is 3.71. The maximum atomic E-state index is 12.9. The van der Waals surface area contributed by atoms with Crippen molar-refractivity contribution in [3.8, 4) is 0 Å². The summed E-state index contributed by atoms with van der Waals surface area (Å²) in [4.78, 5) is 31.4. The predicted molar refractivity (Wildman–Crippen MR) is 104 cm³/mol. The van der Waals surface area contributed by atoms with Crippen LogP contribution in [0.15, 0.2) is 33.8 Å². The first-order chi connectivity index (χ1) is 12.2. The molecule has 2 heterocycles. The lowest BCUT2D eigenvalue weighted by Gasteiger charge is -2.38. The number of hydrogen-bond donors (Lipinski definition) is 0. The Kier molecular flexibility index (Phi) is 5.10. The van der Waals surface area contributed by atoms with Crippen LogP contribution in [-0.4, -0.2) is 38.7 Å². The van der Waals surface area contributed by atoms with Crippen molar-refractivity contribution in [2.45, 2.75) is 58.2 Å². The van der Waals surface area contributed by atoms with Gasteiger partial charge < -0.3 is 9.64 Å². The summed E-state index contributed by atoms with van der Waals surface area (Å²) in [5.74, 6) is 0. The molecule has 1 aromatic carbocycles. The van der Waals surface area contributed by atoms with E-state index >= 15 is 0 Å². The summed E-state index contributed by atoms with van der Waals surface area (Å²) >= 11 is 3.40. The summed E-state index contributed by atoms with van der Waals surface area (Å²) < 4.78 is 8.09. The van der Waals surface area contributed by atoms with E-state index in [1.54, 1.807) is 21.9 Å². The normalized spacial score (nSPS) is 21.0. The molecule has 1 aliphatic heterocycles. The van der Waals surface area contributed by atoms with Crippen molar-refractivity contribution in [3.05, 3.63) is 39.4 Å². The van der Waals surface area contributed by atoms with Crippen molar-refractivity contribution in [3.63, 3.8) is 0 Å². The summed E-state index contributed by atoms with van der Waals surface area (Å²) in [5, 5.41) is 0.609. The van der Waals surface area contributed by atoms with Gasteiger partial charge in [-0.3, -0.25) is 9.36 Å². The molecule has 1 saturated heterocycles. The van der Waals surface area contributed by atoms with Gasteiger partial charge in [-0.05, 0) is 58.7 Å². The fraction of sp³-hybridized carbons (Fsp3) is 0.526. The Balaban J connectivity index is 1.80. The number of likely N-dealkylation sites (tertiary alicyclic amines) is 1. The van der Waals surface area contributed by atoms with Crippen molar-refractivity contribution < 1.29 is 9.53 Å². The predicted octanol–water partition coefficient (Wildman–Crippen LogP) is 4.12. The van der Waals surface area contributed by atoms with E-state index in [-0.39, 0.29) is 23.7 Å². The Bertz CT molecular complexity index is 888. The summed E-state index contributed by atoms with van der Waals surface area (Å²) in [6.45, 7) is 8.14. The molecule has 1 fully saturated rings. The number of aromatic nitrogens is 2. The van der Waals surface area contributed by atoms with E-state index in [1.165, 1.54) is 0 Å². The number of ether oxygens (including phenoxy) is 1. The van der Waals surface area contributed by atoms with Gasteiger partial charge in [-0.25, -0.2) is 9.78 Å². The van der Waals surface area contributed by atoms with Crippen LogP contribution < -0.4 is 5.56 Å². The first-order valence-corrected chi connectivity index (χ1v) is 9.61. The molecule has 0 spiro atoms. The zero-order chi connectivity index (χ0) is 19.1. The summed E-state index contributed by atoms with van der Waals surface area (Å²) in [7, 11) is 0. The average Bonchev–Trinajstić information content (AvgIpc) is 2.53. The second kappa shape index (κ2) is 7.02. The summed E-state index contributed by atoms with van der Waals surface area (Å²) in [6.07, 6.45) is 2.73. The van der Waals surface area contributed by atoms with Crippen molar-refractivity contribution in [2.75, 3.05) is 6.54 Å². The molecule has 0 radical (unpaired) electrons. The molecular weight excluding hydrogens is 398 g/mol. The van der Waals surface area contributed by atoms with Gasteiger partial charge in [0.05, 0.1) is 17.2 Å². The van der Waals surface area contributed by atoms with Gasteiger partial charge in [-0.2, -0.15) is 0 Å². The van der Waals surface area contributed by atoms with Crippen LogP contribution in [0, 0.1) is 0 Å². The number of rotatable bonds is 1. The van der Waals surface area contributed by atoms with Crippen LogP contribution in [0.25, 0.3) is 10.9 Å². The SMILES string of the molecule is C[C@H]1C[C@@H](n2cnc3cc(Br)ccc3c2=O)CCN1C(=O)OC(C)(C)C. The van der Waals surface area contributed by atoms with Gasteiger partial charge in [0.25, 0.3) is 5.56 Å². The number of piperidine rings is 1. The van der Waals surface area contributed by atoms with Crippen molar-refractivity contribution >= 4 is 32.9 Å². The number of fused-ring (bicyclic) bond motifs is 1. The van der Waals surface area contributed by atoms with Crippen molar-refractivity contribution in [1.29, 1.82) is 0 Å². The zero-order valence-corrected chi connectivity index (χ0v) is 17.1. The van der Waals surface area contributed by atoms with E-state index in [4.69, 9.17) is 4.74 Å². The molecule has 1 aromatic heterocycles. The van der Waals surface area contributed by atoms with Crippen LogP contribution in [0.5, 0.6) is 0 Å². The quantitative estimate of drug-likeness (QED) is 0.694. The first-order valence-electron chi connectivity index (χ1n) is 8.82. The minimum atomic E-state index is -0.513. The maximum Gasteiger partial charge on any atom is 0.410 e. The number of carbonyl (C=O) groups is 1. The average molecular weight is 422 g/mol. The monoisotopic (exact) mass is 421 g/mol. The second-order valence-electron chi connectivity index (χ2n) is 7.82. The third-order valence-electron chi connectivity index (χ3n) is 4.62. The van der Waals surface area contributed by atoms with Crippen molar-refractivity contribution in [2.24, 2.45) is 0 Å². The molecule has 0 bridgehead atoms. The zero-order valence-electron chi connectivity index (χ0n) is 15.5. The topological polar surface area (TPSA) is 64.4 Å². The molecule has 6 nitrogen and oxygen atoms in total. The van der Waals surface area contributed by atoms with E-state index in [0.717, 1.165) is 4.47 Å². The van der Waals surface area contributed by atoms with Gasteiger partial charge in [0.15, 0.2) is 0 Å². The smallest absolute Gasteiger partial charge is 0.410 e. The van der Waals surface area contributed by atoms with E-state index in [9.17, 15) is 9.59 Å². The van der Waals surface area contributed by atoms with E-state index in [2.05, 4.69) is 20.9 Å². The number of amides is 1. The Morgan fingerprint density at radius 1 is 1.35 bits per heavy atom. The van der Waals surface area contributed by atoms with Crippen LogP contribution in [0.3, 0.4) is 0 Å². The molecule has 140 valence electrons. The van der Waals surface area contributed by atoms with Gasteiger partial charge >= 0.3 is 6.09 Å². The minimum absolute atomic E-state index is 0.00360. The Morgan fingerprint density at radius 2 is 2.08 bits per heavy atom. The lowest BCUT2D eigenvalue weighted by atomic mass is 9.98. The summed E-state index contributed by atoms with van der Waals surface area (Å²) in [6, 6.07) is 5.51. The van der Waals surface area contributed by atoms with E-state index < -0.39 is 5.60 Å². The second-order valence-corrected chi connectivity index (χ2v) is 8.74. The highest BCUT2D eigenvalue weighted by Crippen LogP contribution is 2.28. The van der Waals surface area contributed by atoms with Crippen LogP contribution in [0.4, 0.5) is 4.79 Å². The van der Waals surface area contributed by atoms with Gasteiger partial charge in [-0.1, -0.05) is 15.9 Å².